The second kappa shape index (κ2) is 7.29. The fraction of sp³-hybridized carbons (Fsp3) is 0.312. The summed E-state index contributed by atoms with van der Waals surface area (Å²) >= 11 is 0. The van der Waals surface area contributed by atoms with Crippen LogP contribution in [0.4, 0.5) is 26.3 Å². The Morgan fingerprint density at radius 3 is 2.07 bits per heavy atom. The normalized spacial score (nSPS) is 14.2. The standard InChI is InChI=1S/C16H13F6N3O4/c1-8-10(11(26)25(24-8)9-6-4-3-5-7-9)14(13(28)29-2,16(20,21)22)23-12(27)15(17,18)19/h3-7,24H,1-2H3,(H,23,27)/t14-/m0/s1. The van der Waals surface area contributed by atoms with Crippen molar-refractivity contribution in [1.82, 2.24) is 15.1 Å². The van der Waals surface area contributed by atoms with E-state index in [1.54, 1.807) is 6.07 Å². The molecule has 1 amide bonds. The van der Waals surface area contributed by atoms with E-state index in [-0.39, 0.29) is 5.69 Å². The molecule has 0 saturated carbocycles. The van der Waals surface area contributed by atoms with Crippen molar-refractivity contribution in [3.05, 3.63) is 51.9 Å². The van der Waals surface area contributed by atoms with Gasteiger partial charge in [0.15, 0.2) is 0 Å². The minimum atomic E-state index is -5.86. The van der Waals surface area contributed by atoms with Gasteiger partial charge in [-0.1, -0.05) is 18.2 Å². The third-order valence-electron chi connectivity index (χ3n) is 3.94. The van der Waals surface area contributed by atoms with Gasteiger partial charge in [0.1, 0.15) is 0 Å². The number of nitrogens with zero attached hydrogens (tertiary/aromatic N) is 1. The summed E-state index contributed by atoms with van der Waals surface area (Å²) in [6.45, 7) is 0.930. The Morgan fingerprint density at radius 1 is 1.07 bits per heavy atom. The summed E-state index contributed by atoms with van der Waals surface area (Å²) in [4.78, 5) is 36.2. The number of carbonyl (C=O) groups is 2. The highest BCUT2D eigenvalue weighted by Gasteiger charge is 2.68. The second-order valence-electron chi connectivity index (χ2n) is 5.78. The van der Waals surface area contributed by atoms with Crippen LogP contribution >= 0.6 is 0 Å². The number of para-hydroxylation sites is 1. The lowest BCUT2D eigenvalue weighted by Gasteiger charge is -2.33. The molecule has 0 unspecified atom stereocenters. The molecule has 0 bridgehead atoms. The zero-order chi connectivity index (χ0) is 22.2. The zero-order valence-corrected chi connectivity index (χ0v) is 14.7. The van der Waals surface area contributed by atoms with Gasteiger partial charge in [-0.15, -0.1) is 0 Å². The molecule has 0 spiro atoms. The number of alkyl halides is 6. The van der Waals surface area contributed by atoms with Gasteiger partial charge >= 0.3 is 24.2 Å². The number of ether oxygens (including phenoxy) is 1. The number of rotatable bonds is 4. The summed E-state index contributed by atoms with van der Waals surface area (Å²) in [5.41, 5.74) is -7.93. The predicted molar refractivity (Wildman–Crippen MR) is 85.1 cm³/mol. The van der Waals surface area contributed by atoms with Crippen molar-refractivity contribution in [2.45, 2.75) is 24.8 Å². The number of nitrogens with one attached hydrogen (secondary N) is 2. The smallest absolute Gasteiger partial charge is 0.467 e. The molecule has 158 valence electrons. The fourth-order valence-corrected chi connectivity index (χ4v) is 2.69. The van der Waals surface area contributed by atoms with E-state index in [0.29, 0.717) is 17.1 Å². The minimum absolute atomic E-state index is 0.0370. The lowest BCUT2D eigenvalue weighted by molar-refractivity contribution is -0.223. The molecular weight excluding hydrogens is 412 g/mol. The first-order chi connectivity index (χ1) is 13.3. The molecule has 1 aromatic heterocycles. The molecule has 13 heteroatoms. The van der Waals surface area contributed by atoms with Crippen LogP contribution in [-0.4, -0.2) is 41.1 Å². The van der Waals surface area contributed by atoms with Crippen molar-refractivity contribution >= 4 is 11.9 Å². The number of halogens is 6. The molecule has 0 radical (unpaired) electrons. The number of amides is 1. The van der Waals surface area contributed by atoms with Gasteiger partial charge in [0, 0.05) is 5.69 Å². The average Bonchev–Trinajstić information content (AvgIpc) is 2.92. The summed E-state index contributed by atoms with van der Waals surface area (Å²) in [6, 6.07) is 7.08. The highest BCUT2D eigenvalue weighted by Crippen LogP contribution is 2.41. The fourth-order valence-electron chi connectivity index (χ4n) is 2.69. The van der Waals surface area contributed by atoms with Crippen molar-refractivity contribution in [1.29, 1.82) is 0 Å². The topological polar surface area (TPSA) is 93.2 Å². The van der Waals surface area contributed by atoms with Gasteiger partial charge in [0.25, 0.3) is 11.1 Å². The SMILES string of the molecule is COC(=O)[C@@](NC(=O)C(F)(F)F)(c1c(C)[nH]n(-c2ccccc2)c1=O)C(F)(F)F. The summed E-state index contributed by atoms with van der Waals surface area (Å²) in [7, 11) is 0.473. The first-order valence-corrected chi connectivity index (χ1v) is 7.69. The number of hydrogen-bond donors (Lipinski definition) is 2. The molecule has 0 aliphatic heterocycles. The van der Waals surface area contributed by atoms with E-state index >= 15 is 0 Å². The van der Waals surface area contributed by atoms with Crippen LogP contribution in [0.2, 0.25) is 0 Å². The molecule has 2 aromatic rings. The van der Waals surface area contributed by atoms with Gasteiger partial charge in [-0.2, -0.15) is 26.3 Å². The Bertz CT molecular complexity index is 977. The van der Waals surface area contributed by atoms with Crippen LogP contribution in [0.1, 0.15) is 11.3 Å². The first-order valence-electron chi connectivity index (χ1n) is 7.69. The number of methoxy groups -OCH3 is 1. The van der Waals surface area contributed by atoms with Crippen LogP contribution in [0.15, 0.2) is 35.1 Å². The number of hydrogen-bond acceptors (Lipinski definition) is 4. The summed E-state index contributed by atoms with van der Waals surface area (Å²) in [5, 5.41) is 2.89. The maximum atomic E-state index is 14.0. The first kappa shape index (κ1) is 22.0. The molecule has 0 aliphatic rings. The number of benzene rings is 1. The van der Waals surface area contributed by atoms with Crippen LogP contribution in [0.3, 0.4) is 0 Å². The molecule has 7 nitrogen and oxygen atoms in total. The Morgan fingerprint density at radius 2 is 1.62 bits per heavy atom. The van der Waals surface area contributed by atoms with Gasteiger partial charge in [-0.05, 0) is 19.1 Å². The molecule has 29 heavy (non-hydrogen) atoms. The zero-order valence-electron chi connectivity index (χ0n) is 14.7. The van der Waals surface area contributed by atoms with Gasteiger partial charge in [0.05, 0.1) is 18.4 Å². The molecule has 2 N–H and O–H groups in total. The van der Waals surface area contributed by atoms with Crippen LogP contribution in [0.5, 0.6) is 0 Å². The van der Waals surface area contributed by atoms with Gasteiger partial charge in [-0.3, -0.25) is 14.7 Å². The summed E-state index contributed by atoms with van der Waals surface area (Å²) < 4.78 is 84.6. The third kappa shape index (κ3) is 3.71. The van der Waals surface area contributed by atoms with Crippen LogP contribution < -0.4 is 10.9 Å². The van der Waals surface area contributed by atoms with E-state index in [0.717, 1.165) is 6.92 Å². The average molecular weight is 425 g/mol. The highest BCUT2D eigenvalue weighted by molar-refractivity contribution is 5.92. The van der Waals surface area contributed by atoms with Crippen LogP contribution in [0, 0.1) is 6.92 Å². The molecule has 2 rings (SSSR count). The molecule has 1 atom stereocenters. The van der Waals surface area contributed by atoms with Gasteiger partial charge in [-0.25, -0.2) is 9.48 Å². The Labute approximate surface area is 158 Å². The number of aryl methyl sites for hydroxylation is 1. The highest BCUT2D eigenvalue weighted by atomic mass is 19.4. The molecule has 1 aromatic carbocycles. The van der Waals surface area contributed by atoms with E-state index in [1.165, 1.54) is 24.3 Å². The van der Waals surface area contributed by atoms with E-state index < -0.39 is 46.6 Å². The van der Waals surface area contributed by atoms with E-state index in [2.05, 4.69) is 9.84 Å². The lowest BCUT2D eigenvalue weighted by atomic mass is 9.88. The van der Waals surface area contributed by atoms with E-state index in [1.807, 2.05) is 0 Å². The third-order valence-corrected chi connectivity index (χ3v) is 3.94. The largest absolute Gasteiger partial charge is 0.471 e. The van der Waals surface area contributed by atoms with Gasteiger partial charge < -0.3 is 10.1 Å². The predicted octanol–water partition coefficient (Wildman–Crippen LogP) is 2.08. The number of aromatic amines is 1. The molecule has 0 aliphatic carbocycles. The number of carbonyl (C=O) groups excluding carboxylic acids is 2. The number of esters is 1. The Kier molecular flexibility index (Phi) is 5.54. The summed E-state index contributed by atoms with van der Waals surface area (Å²) in [6.07, 6.45) is -11.6. The lowest BCUT2D eigenvalue weighted by Crippen LogP contribution is -2.65. The van der Waals surface area contributed by atoms with E-state index in [9.17, 15) is 40.7 Å². The van der Waals surface area contributed by atoms with E-state index in [4.69, 9.17) is 0 Å². The van der Waals surface area contributed by atoms with Gasteiger partial charge in [0.2, 0.25) is 0 Å². The van der Waals surface area contributed by atoms with Crippen LogP contribution in [0.25, 0.3) is 5.69 Å². The maximum absolute atomic E-state index is 14.0. The number of aromatic nitrogens is 2. The Hall–Kier alpha value is -3.25. The Balaban J connectivity index is 2.86. The summed E-state index contributed by atoms with van der Waals surface area (Å²) in [5.74, 6) is -5.39. The van der Waals surface area contributed by atoms with Crippen molar-refractivity contribution in [2.75, 3.05) is 7.11 Å². The minimum Gasteiger partial charge on any atom is -0.467 e. The molecule has 0 fully saturated rings. The quantitative estimate of drug-likeness (QED) is 0.580. The number of H-pyrrole nitrogens is 1. The maximum Gasteiger partial charge on any atom is 0.471 e. The van der Waals surface area contributed by atoms with Crippen molar-refractivity contribution in [2.24, 2.45) is 0 Å². The van der Waals surface area contributed by atoms with Crippen LogP contribution in [-0.2, 0) is 19.9 Å². The van der Waals surface area contributed by atoms with Crippen molar-refractivity contribution < 1.29 is 40.7 Å². The van der Waals surface area contributed by atoms with Crippen molar-refractivity contribution in [3.63, 3.8) is 0 Å². The monoisotopic (exact) mass is 425 g/mol. The molecular formula is C16H13F6N3O4. The second-order valence-corrected chi connectivity index (χ2v) is 5.78. The van der Waals surface area contributed by atoms with Crippen molar-refractivity contribution in [3.8, 4) is 5.69 Å². The molecule has 0 saturated heterocycles. The molecule has 1 heterocycles.